The van der Waals surface area contributed by atoms with Gasteiger partial charge in [0.1, 0.15) is 30.0 Å². The van der Waals surface area contributed by atoms with Crippen LogP contribution in [0.3, 0.4) is 0 Å². The van der Waals surface area contributed by atoms with Crippen molar-refractivity contribution in [1.82, 2.24) is 0 Å². The molecule has 0 saturated carbocycles. The van der Waals surface area contributed by atoms with Crippen LogP contribution in [0.25, 0.3) is 11.0 Å². The summed E-state index contributed by atoms with van der Waals surface area (Å²) in [7, 11) is 0. The Kier molecular flexibility index (Phi) is 5.57. The standard InChI is InChI=1S/C26H24O4/c1-17(2)21-6-4-5-7-23(21)30-25-16-29-24-14-20(12-13-22(24)26(25)27)28-15-19-10-8-18(3)9-11-19/h4-14,16-17H,15H2,1-3H3. The second-order valence-electron chi connectivity index (χ2n) is 7.66. The fourth-order valence-electron chi connectivity index (χ4n) is 3.27. The summed E-state index contributed by atoms with van der Waals surface area (Å²) in [4.78, 5) is 12.9. The summed E-state index contributed by atoms with van der Waals surface area (Å²) in [6, 6.07) is 21.1. The Bertz CT molecular complexity index is 1220. The first-order chi connectivity index (χ1) is 14.5. The Hall–Kier alpha value is -3.53. The molecule has 1 heterocycles. The van der Waals surface area contributed by atoms with Crippen LogP contribution in [0, 0.1) is 6.92 Å². The predicted octanol–water partition coefficient (Wildman–Crippen LogP) is 6.60. The molecule has 152 valence electrons. The zero-order chi connectivity index (χ0) is 21.1. The minimum absolute atomic E-state index is 0.170. The number of hydrogen-bond acceptors (Lipinski definition) is 4. The van der Waals surface area contributed by atoms with Crippen molar-refractivity contribution in [3.63, 3.8) is 0 Å². The van der Waals surface area contributed by atoms with Crippen LogP contribution < -0.4 is 14.9 Å². The van der Waals surface area contributed by atoms with Gasteiger partial charge in [-0.1, -0.05) is 61.9 Å². The summed E-state index contributed by atoms with van der Waals surface area (Å²) in [5.74, 6) is 1.76. The number of aryl methyl sites for hydroxylation is 1. The molecule has 0 spiro atoms. The maximum Gasteiger partial charge on any atom is 0.235 e. The number of para-hydroxylation sites is 1. The fraction of sp³-hybridized carbons (Fsp3) is 0.192. The molecule has 0 amide bonds. The maximum atomic E-state index is 12.9. The average molecular weight is 400 g/mol. The van der Waals surface area contributed by atoms with Crippen molar-refractivity contribution in [2.24, 2.45) is 0 Å². The molecule has 0 bridgehead atoms. The number of benzene rings is 3. The van der Waals surface area contributed by atoms with Gasteiger partial charge in [-0.15, -0.1) is 0 Å². The monoisotopic (exact) mass is 400 g/mol. The molecule has 1 aromatic heterocycles. The minimum Gasteiger partial charge on any atom is -0.489 e. The van der Waals surface area contributed by atoms with Crippen molar-refractivity contribution in [3.8, 4) is 17.2 Å². The molecule has 0 saturated heterocycles. The molecule has 4 rings (SSSR count). The topological polar surface area (TPSA) is 48.7 Å². The summed E-state index contributed by atoms with van der Waals surface area (Å²) < 4.78 is 17.5. The third kappa shape index (κ3) is 4.23. The lowest BCUT2D eigenvalue weighted by Crippen LogP contribution is -2.06. The van der Waals surface area contributed by atoms with Crippen molar-refractivity contribution in [2.75, 3.05) is 0 Å². The number of rotatable bonds is 6. The second kappa shape index (κ2) is 8.46. The van der Waals surface area contributed by atoms with Crippen molar-refractivity contribution in [3.05, 3.63) is 99.9 Å². The summed E-state index contributed by atoms with van der Waals surface area (Å²) in [6.45, 7) is 6.67. The molecule has 4 heteroatoms. The van der Waals surface area contributed by atoms with E-state index in [2.05, 4.69) is 32.9 Å². The summed E-state index contributed by atoms with van der Waals surface area (Å²) in [5, 5.41) is 0.456. The van der Waals surface area contributed by atoms with Gasteiger partial charge in [0.15, 0.2) is 0 Å². The van der Waals surface area contributed by atoms with Gasteiger partial charge in [-0.2, -0.15) is 0 Å². The van der Waals surface area contributed by atoms with E-state index in [1.807, 2.05) is 36.4 Å². The summed E-state index contributed by atoms with van der Waals surface area (Å²) in [6.07, 6.45) is 1.37. The molecule has 0 radical (unpaired) electrons. The minimum atomic E-state index is -0.208. The van der Waals surface area contributed by atoms with Crippen LogP contribution in [0.15, 0.2) is 82.2 Å². The summed E-state index contributed by atoms with van der Waals surface area (Å²) >= 11 is 0. The van der Waals surface area contributed by atoms with Gasteiger partial charge in [0.2, 0.25) is 11.2 Å². The number of fused-ring (bicyclic) bond motifs is 1. The lowest BCUT2D eigenvalue weighted by molar-refractivity contribution is 0.306. The molecule has 4 aromatic rings. The van der Waals surface area contributed by atoms with Crippen molar-refractivity contribution in [1.29, 1.82) is 0 Å². The van der Waals surface area contributed by atoms with Gasteiger partial charge in [-0.05, 0) is 42.2 Å². The van der Waals surface area contributed by atoms with E-state index in [4.69, 9.17) is 13.9 Å². The Morgan fingerprint density at radius 3 is 2.47 bits per heavy atom. The largest absolute Gasteiger partial charge is 0.489 e. The van der Waals surface area contributed by atoms with Crippen molar-refractivity contribution in [2.45, 2.75) is 33.3 Å². The normalized spacial score (nSPS) is 11.1. The van der Waals surface area contributed by atoms with Crippen LogP contribution >= 0.6 is 0 Å². The SMILES string of the molecule is Cc1ccc(COc2ccc3c(=O)c(Oc4ccccc4C(C)C)coc3c2)cc1. The molecule has 0 fully saturated rings. The molecule has 0 atom stereocenters. The van der Waals surface area contributed by atoms with E-state index in [1.54, 1.807) is 18.2 Å². The smallest absolute Gasteiger partial charge is 0.235 e. The van der Waals surface area contributed by atoms with Gasteiger partial charge in [0.25, 0.3) is 0 Å². The average Bonchev–Trinajstić information content (AvgIpc) is 2.75. The first-order valence-electron chi connectivity index (χ1n) is 10.0. The third-order valence-electron chi connectivity index (χ3n) is 5.00. The Labute approximate surface area is 175 Å². The van der Waals surface area contributed by atoms with Gasteiger partial charge in [-0.25, -0.2) is 0 Å². The number of ether oxygens (including phenoxy) is 2. The van der Waals surface area contributed by atoms with Gasteiger partial charge >= 0.3 is 0 Å². The van der Waals surface area contributed by atoms with E-state index in [0.717, 1.165) is 11.1 Å². The highest BCUT2D eigenvalue weighted by Gasteiger charge is 2.13. The van der Waals surface area contributed by atoms with E-state index in [-0.39, 0.29) is 17.1 Å². The van der Waals surface area contributed by atoms with Crippen LogP contribution in [0.5, 0.6) is 17.2 Å². The fourth-order valence-corrected chi connectivity index (χ4v) is 3.27. The molecule has 30 heavy (non-hydrogen) atoms. The van der Waals surface area contributed by atoms with Gasteiger partial charge in [0, 0.05) is 6.07 Å². The predicted molar refractivity (Wildman–Crippen MR) is 119 cm³/mol. The van der Waals surface area contributed by atoms with Crippen LogP contribution in [0.4, 0.5) is 0 Å². The van der Waals surface area contributed by atoms with Gasteiger partial charge in [0.05, 0.1) is 5.39 Å². The molecule has 0 unspecified atom stereocenters. The summed E-state index contributed by atoms with van der Waals surface area (Å²) in [5.41, 5.74) is 3.58. The van der Waals surface area contributed by atoms with Crippen molar-refractivity contribution >= 4 is 11.0 Å². The van der Waals surface area contributed by atoms with E-state index < -0.39 is 0 Å². The van der Waals surface area contributed by atoms with Crippen molar-refractivity contribution < 1.29 is 13.9 Å². The molecule has 0 aliphatic carbocycles. The molecule has 0 aliphatic heterocycles. The Morgan fingerprint density at radius 2 is 1.70 bits per heavy atom. The molecule has 4 nitrogen and oxygen atoms in total. The van der Waals surface area contributed by atoms with E-state index in [9.17, 15) is 4.79 Å². The Balaban J connectivity index is 1.57. The van der Waals surface area contributed by atoms with Gasteiger partial charge in [-0.3, -0.25) is 4.79 Å². The van der Waals surface area contributed by atoms with E-state index in [0.29, 0.717) is 29.1 Å². The third-order valence-corrected chi connectivity index (χ3v) is 5.00. The zero-order valence-corrected chi connectivity index (χ0v) is 17.3. The zero-order valence-electron chi connectivity index (χ0n) is 17.3. The first-order valence-corrected chi connectivity index (χ1v) is 10.0. The molecule has 3 aromatic carbocycles. The maximum absolute atomic E-state index is 12.9. The number of hydrogen-bond donors (Lipinski definition) is 0. The molecule has 0 N–H and O–H groups in total. The molecule has 0 aliphatic rings. The van der Waals surface area contributed by atoms with E-state index in [1.165, 1.54) is 11.8 Å². The highest BCUT2D eigenvalue weighted by atomic mass is 16.5. The quantitative estimate of drug-likeness (QED) is 0.366. The Morgan fingerprint density at radius 1 is 0.933 bits per heavy atom. The van der Waals surface area contributed by atoms with Crippen LogP contribution in [-0.2, 0) is 6.61 Å². The molecular formula is C26H24O4. The van der Waals surface area contributed by atoms with E-state index >= 15 is 0 Å². The lowest BCUT2D eigenvalue weighted by Gasteiger charge is -2.13. The lowest BCUT2D eigenvalue weighted by atomic mass is 10.0. The second-order valence-corrected chi connectivity index (χ2v) is 7.66. The highest BCUT2D eigenvalue weighted by molar-refractivity contribution is 5.79. The van der Waals surface area contributed by atoms with Crippen LogP contribution in [0.2, 0.25) is 0 Å². The van der Waals surface area contributed by atoms with Gasteiger partial charge < -0.3 is 13.9 Å². The van der Waals surface area contributed by atoms with Crippen LogP contribution in [-0.4, -0.2) is 0 Å². The highest BCUT2D eigenvalue weighted by Crippen LogP contribution is 2.30. The molecular weight excluding hydrogens is 376 g/mol. The van der Waals surface area contributed by atoms with Crippen LogP contribution in [0.1, 0.15) is 36.5 Å². The first kappa shape index (κ1) is 19.8.